The monoisotopic (exact) mass is 147 g/mol. The molecule has 4 heteroatoms. The standard InChI is InChI=1S/C6H13NO3/c1-4(3-10-2)5(8)6(7)9/h4-5,8H,3H2,1-2H3,(H2,7,9). The summed E-state index contributed by atoms with van der Waals surface area (Å²) < 4.78 is 4.71. The highest BCUT2D eigenvalue weighted by Crippen LogP contribution is 2.01. The highest BCUT2D eigenvalue weighted by Gasteiger charge is 2.18. The fraction of sp³-hybridized carbons (Fsp3) is 0.833. The van der Waals surface area contributed by atoms with Crippen molar-refractivity contribution in [3.05, 3.63) is 0 Å². The molecule has 0 aromatic carbocycles. The van der Waals surface area contributed by atoms with Gasteiger partial charge in [0.05, 0.1) is 6.61 Å². The molecule has 0 saturated carbocycles. The SMILES string of the molecule is COCC(C)C(O)C(N)=O. The third kappa shape index (κ3) is 2.80. The lowest BCUT2D eigenvalue weighted by Crippen LogP contribution is -2.35. The first-order chi connectivity index (χ1) is 4.59. The first-order valence-corrected chi connectivity index (χ1v) is 3.06. The number of carbonyl (C=O) groups excluding carboxylic acids is 1. The number of hydrogen-bond acceptors (Lipinski definition) is 3. The van der Waals surface area contributed by atoms with Gasteiger partial charge >= 0.3 is 0 Å². The van der Waals surface area contributed by atoms with Crippen molar-refractivity contribution >= 4 is 5.91 Å². The van der Waals surface area contributed by atoms with E-state index in [-0.39, 0.29) is 5.92 Å². The molecule has 60 valence electrons. The molecule has 0 radical (unpaired) electrons. The molecule has 0 aliphatic rings. The van der Waals surface area contributed by atoms with E-state index in [9.17, 15) is 4.79 Å². The molecule has 0 aromatic rings. The minimum absolute atomic E-state index is 0.234. The Kier molecular flexibility index (Phi) is 3.99. The highest BCUT2D eigenvalue weighted by atomic mass is 16.5. The van der Waals surface area contributed by atoms with Crippen LogP contribution < -0.4 is 5.73 Å². The molecule has 1 amide bonds. The Morgan fingerprint density at radius 2 is 2.30 bits per heavy atom. The fourth-order valence-corrected chi connectivity index (χ4v) is 0.634. The lowest BCUT2D eigenvalue weighted by molar-refractivity contribution is -0.129. The van der Waals surface area contributed by atoms with Crippen LogP contribution in [-0.2, 0) is 9.53 Å². The maximum atomic E-state index is 10.3. The molecule has 2 atom stereocenters. The lowest BCUT2D eigenvalue weighted by atomic mass is 10.1. The topological polar surface area (TPSA) is 72.6 Å². The summed E-state index contributed by atoms with van der Waals surface area (Å²) in [5.41, 5.74) is 4.82. The molecule has 10 heavy (non-hydrogen) atoms. The van der Waals surface area contributed by atoms with Crippen LogP contribution >= 0.6 is 0 Å². The predicted octanol–water partition coefficient (Wildman–Crippen LogP) is -0.885. The van der Waals surface area contributed by atoms with Crippen LogP contribution in [0.25, 0.3) is 0 Å². The number of amides is 1. The zero-order valence-corrected chi connectivity index (χ0v) is 6.20. The number of methoxy groups -OCH3 is 1. The zero-order chi connectivity index (χ0) is 8.15. The van der Waals surface area contributed by atoms with Crippen molar-refractivity contribution in [2.75, 3.05) is 13.7 Å². The van der Waals surface area contributed by atoms with E-state index in [1.165, 1.54) is 7.11 Å². The Hall–Kier alpha value is -0.610. The molecule has 0 saturated heterocycles. The van der Waals surface area contributed by atoms with Gasteiger partial charge in [-0.2, -0.15) is 0 Å². The van der Waals surface area contributed by atoms with Gasteiger partial charge < -0.3 is 15.6 Å². The smallest absolute Gasteiger partial charge is 0.246 e. The lowest BCUT2D eigenvalue weighted by Gasteiger charge is -2.13. The fourth-order valence-electron chi connectivity index (χ4n) is 0.634. The molecular weight excluding hydrogens is 134 g/mol. The Labute approximate surface area is 60.0 Å². The summed E-state index contributed by atoms with van der Waals surface area (Å²) in [6, 6.07) is 0. The number of hydrogen-bond donors (Lipinski definition) is 2. The summed E-state index contributed by atoms with van der Waals surface area (Å²) >= 11 is 0. The summed E-state index contributed by atoms with van der Waals surface area (Å²) in [5, 5.41) is 8.97. The van der Waals surface area contributed by atoms with Gasteiger partial charge in [-0.15, -0.1) is 0 Å². The second-order valence-electron chi connectivity index (χ2n) is 2.28. The number of rotatable bonds is 4. The van der Waals surface area contributed by atoms with Gasteiger partial charge in [0, 0.05) is 13.0 Å². The molecule has 0 fully saturated rings. The minimum Gasteiger partial charge on any atom is -0.384 e. The van der Waals surface area contributed by atoms with Gasteiger partial charge in [-0.1, -0.05) is 6.92 Å². The molecule has 3 N–H and O–H groups in total. The summed E-state index contributed by atoms with van der Waals surface area (Å²) in [6.45, 7) is 2.03. The molecule has 0 aliphatic heterocycles. The number of nitrogens with two attached hydrogens (primary N) is 1. The van der Waals surface area contributed by atoms with E-state index in [2.05, 4.69) is 0 Å². The van der Waals surface area contributed by atoms with Gasteiger partial charge in [0.2, 0.25) is 5.91 Å². The third-order valence-electron chi connectivity index (χ3n) is 1.26. The number of primary amides is 1. The average molecular weight is 147 g/mol. The quantitative estimate of drug-likeness (QED) is 0.542. The van der Waals surface area contributed by atoms with Gasteiger partial charge in [0.25, 0.3) is 0 Å². The van der Waals surface area contributed by atoms with Gasteiger partial charge in [0.1, 0.15) is 6.10 Å². The van der Waals surface area contributed by atoms with Crippen LogP contribution in [0.2, 0.25) is 0 Å². The Balaban J connectivity index is 3.69. The van der Waals surface area contributed by atoms with E-state index in [0.717, 1.165) is 0 Å². The average Bonchev–Trinajstić information content (AvgIpc) is 1.87. The number of aliphatic hydroxyl groups is 1. The largest absolute Gasteiger partial charge is 0.384 e. The van der Waals surface area contributed by atoms with Crippen LogP contribution in [-0.4, -0.2) is 30.8 Å². The Morgan fingerprint density at radius 1 is 1.80 bits per heavy atom. The van der Waals surface area contributed by atoms with E-state index < -0.39 is 12.0 Å². The maximum Gasteiger partial charge on any atom is 0.246 e. The summed E-state index contributed by atoms with van der Waals surface area (Å²) in [5.74, 6) is -0.938. The van der Waals surface area contributed by atoms with E-state index in [4.69, 9.17) is 15.6 Å². The molecule has 4 nitrogen and oxygen atoms in total. The van der Waals surface area contributed by atoms with Crippen LogP contribution in [0, 0.1) is 5.92 Å². The second kappa shape index (κ2) is 4.24. The summed E-state index contributed by atoms with van der Waals surface area (Å²) in [6.07, 6.45) is -1.10. The van der Waals surface area contributed by atoms with Gasteiger partial charge in [-0.05, 0) is 0 Å². The predicted molar refractivity (Wildman–Crippen MR) is 36.2 cm³/mol. The maximum absolute atomic E-state index is 10.3. The highest BCUT2D eigenvalue weighted by molar-refractivity contribution is 5.78. The van der Waals surface area contributed by atoms with Crippen LogP contribution in [0.3, 0.4) is 0 Å². The molecule has 0 spiro atoms. The molecule has 0 rings (SSSR count). The number of carbonyl (C=O) groups is 1. The normalized spacial score (nSPS) is 16.3. The number of ether oxygens (including phenoxy) is 1. The summed E-state index contributed by atoms with van der Waals surface area (Å²) in [7, 11) is 1.50. The van der Waals surface area contributed by atoms with E-state index in [1.54, 1.807) is 6.92 Å². The van der Waals surface area contributed by atoms with Crippen molar-refractivity contribution < 1.29 is 14.6 Å². The van der Waals surface area contributed by atoms with Gasteiger partial charge in [0.15, 0.2) is 0 Å². The molecule has 2 unspecified atom stereocenters. The first kappa shape index (κ1) is 9.39. The van der Waals surface area contributed by atoms with E-state index >= 15 is 0 Å². The van der Waals surface area contributed by atoms with E-state index in [1.807, 2.05) is 0 Å². The van der Waals surface area contributed by atoms with Crippen molar-refractivity contribution in [2.45, 2.75) is 13.0 Å². The molecule has 0 aliphatic carbocycles. The number of aliphatic hydroxyl groups excluding tert-OH is 1. The zero-order valence-electron chi connectivity index (χ0n) is 6.20. The van der Waals surface area contributed by atoms with Gasteiger partial charge in [-0.25, -0.2) is 0 Å². The summed E-state index contributed by atoms with van der Waals surface area (Å²) in [4.78, 5) is 10.3. The molecule has 0 bridgehead atoms. The van der Waals surface area contributed by atoms with Gasteiger partial charge in [-0.3, -0.25) is 4.79 Å². The third-order valence-corrected chi connectivity index (χ3v) is 1.26. The van der Waals surface area contributed by atoms with Crippen LogP contribution in [0.15, 0.2) is 0 Å². The minimum atomic E-state index is -1.10. The van der Waals surface area contributed by atoms with Crippen molar-refractivity contribution in [2.24, 2.45) is 11.7 Å². The molecule has 0 aromatic heterocycles. The second-order valence-corrected chi connectivity index (χ2v) is 2.28. The Morgan fingerprint density at radius 3 is 2.60 bits per heavy atom. The van der Waals surface area contributed by atoms with Crippen molar-refractivity contribution in [1.29, 1.82) is 0 Å². The molecular formula is C6H13NO3. The van der Waals surface area contributed by atoms with Crippen LogP contribution in [0.1, 0.15) is 6.92 Å². The van der Waals surface area contributed by atoms with Crippen LogP contribution in [0.5, 0.6) is 0 Å². The molecule has 0 heterocycles. The van der Waals surface area contributed by atoms with Crippen molar-refractivity contribution in [3.63, 3.8) is 0 Å². The van der Waals surface area contributed by atoms with Crippen molar-refractivity contribution in [3.8, 4) is 0 Å². The van der Waals surface area contributed by atoms with E-state index in [0.29, 0.717) is 6.61 Å². The Bertz CT molecular complexity index is 116. The van der Waals surface area contributed by atoms with Crippen LogP contribution in [0.4, 0.5) is 0 Å². The first-order valence-electron chi connectivity index (χ1n) is 3.06. The van der Waals surface area contributed by atoms with Crippen molar-refractivity contribution in [1.82, 2.24) is 0 Å².